The van der Waals surface area contributed by atoms with E-state index in [-0.39, 0.29) is 93.0 Å². The third-order valence-corrected chi connectivity index (χ3v) is 21.0. The molecular formula is C64H112N20O20S3. The summed E-state index contributed by atoms with van der Waals surface area (Å²) in [6.07, 6.45) is -9.34. The third-order valence-electron chi connectivity index (χ3n) is 17.4. The number of aliphatic hydroxyl groups excluding tert-OH is 5. The summed E-state index contributed by atoms with van der Waals surface area (Å²) in [7, 11) is 2.12. The fraction of sp³-hybridized carbons (Fsp3) is 0.703. The van der Waals surface area contributed by atoms with E-state index in [1.54, 1.807) is 44.2 Å². The monoisotopic (exact) mass is 1580 g/mol. The number of oxime groups is 2. The number of hydrogen-bond acceptors (Lipinski definition) is 31. The highest BCUT2D eigenvalue weighted by molar-refractivity contribution is 8.76. The number of carbonyl (C=O) groups is 10. The SMILES string of the molecule is C/C(=N/O)C(C)(C)NCCN(CCNC(=O)CCC(=O)NCCCC[C@H]1NC(O)CSC[C@@H](C(O)N[C@@H](CCCN=C(N)N)C(=O)NCC(=O)N[C@@H](CC(=O)O)C(=O)N[C@H]2CSSC[C@@H](C(=O)NCC(=O)O)NC(O)C(Cc3ccccc3)NC2O)NC(=O)[C@H](CC(=O)O)NC1O)CCNC(C)(C)/C(C)=N\O. The number of benzene rings is 1. The molecule has 2 heterocycles. The highest BCUT2D eigenvalue weighted by Gasteiger charge is 2.37. The van der Waals surface area contributed by atoms with Gasteiger partial charge in [-0.2, -0.15) is 11.8 Å². The van der Waals surface area contributed by atoms with Gasteiger partial charge in [-0.15, -0.1) is 0 Å². The van der Waals surface area contributed by atoms with Gasteiger partial charge >= 0.3 is 17.9 Å². The second kappa shape index (κ2) is 49.7. The second-order valence-corrected chi connectivity index (χ2v) is 30.3. The van der Waals surface area contributed by atoms with Gasteiger partial charge in [0, 0.05) is 94.3 Å². The largest absolute Gasteiger partial charge is 0.481 e. The Morgan fingerprint density at radius 3 is 1.86 bits per heavy atom. The van der Waals surface area contributed by atoms with Crippen molar-refractivity contribution >= 4 is 110 Å². The van der Waals surface area contributed by atoms with E-state index in [1.807, 2.05) is 27.7 Å². The van der Waals surface area contributed by atoms with E-state index in [2.05, 4.69) is 94.6 Å². The van der Waals surface area contributed by atoms with Crippen LogP contribution < -0.4 is 85.9 Å². The lowest BCUT2D eigenvalue weighted by molar-refractivity contribution is -0.141. The van der Waals surface area contributed by atoms with Gasteiger partial charge in [0.15, 0.2) is 5.96 Å². The summed E-state index contributed by atoms with van der Waals surface area (Å²) in [6.45, 7) is 12.4. The zero-order valence-corrected chi connectivity index (χ0v) is 63.5. The van der Waals surface area contributed by atoms with Crippen molar-refractivity contribution in [1.82, 2.24) is 79.3 Å². The molecule has 3 rings (SSSR count). The number of nitrogens with zero attached hydrogens (tertiary/aromatic N) is 4. The highest BCUT2D eigenvalue weighted by Crippen LogP contribution is 2.25. The van der Waals surface area contributed by atoms with Gasteiger partial charge in [-0.05, 0) is 85.6 Å². The van der Waals surface area contributed by atoms with Crippen LogP contribution in [0.5, 0.6) is 0 Å². The number of unbranched alkanes of at least 4 members (excludes halogenated alkanes) is 1. The summed E-state index contributed by atoms with van der Waals surface area (Å²) in [4.78, 5) is 136. The van der Waals surface area contributed by atoms with Gasteiger partial charge in [0.2, 0.25) is 41.4 Å². The normalized spacial score (nSPS) is 22.6. The number of hydrogen-bond donors (Lipinski definition) is 26. The van der Waals surface area contributed by atoms with Crippen LogP contribution in [0.1, 0.15) is 105 Å². The number of nitrogens with one attached hydrogen (secondary N) is 14. The highest BCUT2D eigenvalue weighted by atomic mass is 33.1. The quantitative estimate of drug-likeness (QED) is 0.00550. The first kappa shape index (κ1) is 93.9. The molecule has 0 spiro atoms. The van der Waals surface area contributed by atoms with Crippen LogP contribution in [0.25, 0.3) is 0 Å². The molecule has 28 N–H and O–H groups in total. The number of amides is 7. The molecule has 7 amide bonds. The smallest absolute Gasteiger partial charge is 0.322 e. The van der Waals surface area contributed by atoms with Crippen LogP contribution in [0.4, 0.5) is 0 Å². The standard InChI is InChI=1S/C64H112N20O20S3/c1-36(82-103)63(3,4)72-22-25-84(26-23-73-64(5,6)37(2)83-104)24-21-68-48(86)18-17-47(85)67-19-11-10-15-40-56(97)78-43(29-52(91)92)59(100)79-44(32-105-35-50(88)74-40)60(101)76-39(16-12-20-69-62(65)66)54(95)70-30-49(87)75-42(28-51(89)90)58(99)81-46-34-107-106-33-45(55(96)71-31-53(93)94)80-57(98)41(77-61(46)102)27-38-13-8-7-9-14-38/h7-9,13-14,39-46,50,56-57,60-61,72-74,76-78,80,88,97-98,101-104H,10-12,15-35H2,1-6H3,(H,67,85)(H,68,86)(H,70,95)(H,71,96)(H,75,87)(H,79,100)(H,81,99)(H,89,90)(H,91,92)(H,93,94)(H4,65,66,69)/b82-36-,83-37-/t39-,40+,41?,42-,43-,44-,45-,46-,50?,56?,57?,60?,61?/m0/s1. The lowest BCUT2D eigenvalue weighted by Gasteiger charge is -2.33. The van der Waals surface area contributed by atoms with Crippen LogP contribution in [0.2, 0.25) is 0 Å². The Morgan fingerprint density at radius 1 is 0.654 bits per heavy atom. The van der Waals surface area contributed by atoms with Crippen molar-refractivity contribution in [2.45, 2.75) is 196 Å². The van der Waals surface area contributed by atoms with Gasteiger partial charge in [-0.3, -0.25) is 84.4 Å². The first-order valence-electron chi connectivity index (χ1n) is 34.9. The van der Waals surface area contributed by atoms with Crippen molar-refractivity contribution in [1.29, 1.82) is 0 Å². The van der Waals surface area contributed by atoms with Gasteiger partial charge in [0.1, 0.15) is 43.7 Å². The number of aliphatic carboxylic acids is 3. The number of aliphatic hydroxyl groups is 5. The van der Waals surface area contributed by atoms with E-state index < -0.39 is 170 Å². The molecule has 13 atom stereocenters. The van der Waals surface area contributed by atoms with Crippen LogP contribution in [0, 0.1) is 0 Å². The first-order chi connectivity index (χ1) is 50.5. The Morgan fingerprint density at radius 2 is 1.26 bits per heavy atom. The summed E-state index contributed by atoms with van der Waals surface area (Å²) in [5, 5.41) is 150. The number of thioether (sulfide) groups is 1. The molecule has 2 aliphatic rings. The molecule has 43 heteroatoms. The molecular weight excluding hydrogens is 1470 g/mol. The number of carbonyl (C=O) groups excluding carboxylic acids is 7. The molecule has 40 nitrogen and oxygen atoms in total. The lowest BCUT2D eigenvalue weighted by Crippen LogP contribution is -2.62. The summed E-state index contributed by atoms with van der Waals surface area (Å²) >= 11 is 1.01. The third kappa shape index (κ3) is 38.0. The molecule has 606 valence electrons. The molecule has 6 unspecified atom stereocenters. The van der Waals surface area contributed by atoms with Gasteiger partial charge in [0.05, 0.1) is 78.1 Å². The molecule has 2 saturated heterocycles. The zero-order chi connectivity index (χ0) is 79.8. The maximum atomic E-state index is 14.0. The number of nitrogens with two attached hydrogens (primary N) is 2. The molecule has 2 aliphatic heterocycles. The first-order valence-corrected chi connectivity index (χ1v) is 38.6. The average Bonchev–Trinajstić information content (AvgIpc) is 1.76. The molecule has 0 saturated carbocycles. The van der Waals surface area contributed by atoms with Crippen molar-refractivity contribution in [2.24, 2.45) is 26.8 Å². The van der Waals surface area contributed by atoms with Crippen molar-refractivity contribution in [3.8, 4) is 0 Å². The second-order valence-electron chi connectivity index (χ2n) is 26.6. The number of carboxylic acid groups (broad SMARTS) is 3. The molecule has 0 aromatic heterocycles. The van der Waals surface area contributed by atoms with E-state index >= 15 is 0 Å². The topological polar surface area (TPSA) is 634 Å². The molecule has 0 aliphatic carbocycles. The summed E-state index contributed by atoms with van der Waals surface area (Å²) < 4.78 is 0. The van der Waals surface area contributed by atoms with Gasteiger partial charge in [-0.1, -0.05) is 62.2 Å². The number of carboxylic acids is 3. The fourth-order valence-corrected chi connectivity index (χ4v) is 14.0. The maximum Gasteiger partial charge on any atom is 0.322 e. The summed E-state index contributed by atoms with van der Waals surface area (Å²) in [5.74, 6) is -10.6. The van der Waals surface area contributed by atoms with E-state index in [1.165, 1.54) is 0 Å². The molecule has 2 fully saturated rings. The van der Waals surface area contributed by atoms with Gasteiger partial charge in [-0.25, -0.2) is 0 Å². The Kier molecular flexibility index (Phi) is 43.6. The fourth-order valence-electron chi connectivity index (χ4n) is 10.6. The van der Waals surface area contributed by atoms with Crippen molar-refractivity contribution in [3.63, 3.8) is 0 Å². The number of rotatable bonds is 43. The predicted octanol–water partition coefficient (Wildman–Crippen LogP) is -6.55. The number of guanidine groups is 1. The van der Waals surface area contributed by atoms with Crippen molar-refractivity contribution < 1.29 is 99.2 Å². The van der Waals surface area contributed by atoms with Gasteiger partial charge in [0.25, 0.3) is 0 Å². The van der Waals surface area contributed by atoms with E-state index in [4.69, 9.17) is 16.6 Å². The maximum absolute atomic E-state index is 14.0. The van der Waals surface area contributed by atoms with Crippen molar-refractivity contribution in [2.75, 3.05) is 88.5 Å². The lowest BCUT2D eigenvalue weighted by atomic mass is 9.99. The molecule has 0 radical (unpaired) electrons. The predicted molar refractivity (Wildman–Crippen MR) is 400 cm³/mol. The summed E-state index contributed by atoms with van der Waals surface area (Å²) in [5.41, 5.74) is 11.5. The minimum absolute atomic E-state index is 0.0303. The summed E-state index contributed by atoms with van der Waals surface area (Å²) in [6, 6.07) is -2.03. The Labute approximate surface area is 633 Å². The van der Waals surface area contributed by atoms with Crippen LogP contribution in [0.15, 0.2) is 45.6 Å². The van der Waals surface area contributed by atoms with E-state index in [9.17, 15) is 94.1 Å². The van der Waals surface area contributed by atoms with E-state index in [0.717, 1.165) is 33.3 Å². The Hall–Kier alpha value is -7.34. The molecule has 107 heavy (non-hydrogen) atoms. The molecule has 1 aromatic rings. The van der Waals surface area contributed by atoms with E-state index in [0.29, 0.717) is 62.6 Å². The minimum Gasteiger partial charge on any atom is -0.481 e. The minimum atomic E-state index is -1.84. The average molecular weight is 1580 g/mol. The van der Waals surface area contributed by atoms with Crippen LogP contribution in [-0.2, 0) is 54.4 Å². The Bertz CT molecular complexity index is 3040. The molecule has 0 bridgehead atoms. The van der Waals surface area contributed by atoms with Crippen molar-refractivity contribution in [3.05, 3.63) is 35.9 Å². The van der Waals surface area contributed by atoms with Crippen LogP contribution >= 0.6 is 33.3 Å². The zero-order valence-electron chi connectivity index (χ0n) is 61.1. The van der Waals surface area contributed by atoms with Gasteiger partial charge < -0.3 is 111 Å². The van der Waals surface area contributed by atoms with Crippen LogP contribution in [-0.4, -0.2) is 312 Å². The Balaban J connectivity index is 1.65. The van der Waals surface area contributed by atoms with Crippen LogP contribution in [0.3, 0.4) is 0 Å². The molecule has 1 aromatic carbocycles. The number of aliphatic imine (C=N–C) groups is 1.